The van der Waals surface area contributed by atoms with Crippen LogP contribution >= 0.6 is 0 Å². The lowest BCUT2D eigenvalue weighted by molar-refractivity contribution is -0.112. The normalized spacial score (nSPS) is 12.0. The number of hydrogen-bond acceptors (Lipinski definition) is 4. The standard InChI is InChI=1S/C13H18N4O4S/c1-3-17(4-2)13(19)9-6-5-7-10(8-9)22(20,21)16-11(14)12(15)18/h5-8H,3-4H2,1-2H3,(H2,14,16)(H2,15,18). The average Bonchev–Trinajstić information content (AvgIpc) is 2.48. The van der Waals surface area contributed by atoms with Crippen molar-refractivity contribution in [3.05, 3.63) is 29.8 Å². The number of rotatable bonds is 5. The topological polar surface area (TPSA) is 136 Å². The van der Waals surface area contributed by atoms with Crippen molar-refractivity contribution < 1.29 is 18.0 Å². The molecule has 0 saturated heterocycles. The lowest BCUT2D eigenvalue weighted by atomic mass is 10.2. The minimum absolute atomic E-state index is 0.206. The molecule has 9 heteroatoms. The summed E-state index contributed by atoms with van der Waals surface area (Å²) in [6, 6.07) is 5.36. The van der Waals surface area contributed by atoms with Gasteiger partial charge in [0.05, 0.1) is 4.90 Å². The number of hydrogen-bond donors (Lipinski definition) is 2. The molecule has 0 aliphatic heterocycles. The van der Waals surface area contributed by atoms with Gasteiger partial charge in [0.25, 0.3) is 21.8 Å². The van der Waals surface area contributed by atoms with E-state index < -0.39 is 21.8 Å². The molecular weight excluding hydrogens is 308 g/mol. The number of primary amides is 1. The Morgan fingerprint density at radius 2 is 1.77 bits per heavy atom. The van der Waals surface area contributed by atoms with Gasteiger partial charge >= 0.3 is 0 Å². The summed E-state index contributed by atoms with van der Waals surface area (Å²) in [5.41, 5.74) is 10.2. The molecule has 120 valence electrons. The van der Waals surface area contributed by atoms with Crippen LogP contribution in [0.5, 0.6) is 0 Å². The summed E-state index contributed by atoms with van der Waals surface area (Å²) in [6.07, 6.45) is 0. The van der Waals surface area contributed by atoms with Crippen LogP contribution in [-0.2, 0) is 14.8 Å². The third kappa shape index (κ3) is 4.04. The summed E-state index contributed by atoms with van der Waals surface area (Å²) in [7, 11) is -4.21. The molecule has 1 rings (SSSR count). The first kappa shape index (κ1) is 17.6. The van der Waals surface area contributed by atoms with Crippen molar-refractivity contribution in [2.75, 3.05) is 13.1 Å². The molecule has 4 N–H and O–H groups in total. The number of carbonyl (C=O) groups is 2. The fraction of sp³-hybridized carbons (Fsp3) is 0.308. The van der Waals surface area contributed by atoms with Gasteiger partial charge in [-0.25, -0.2) is 0 Å². The van der Waals surface area contributed by atoms with Crippen molar-refractivity contribution in [3.63, 3.8) is 0 Å². The average molecular weight is 326 g/mol. The molecule has 0 heterocycles. The summed E-state index contributed by atoms with van der Waals surface area (Å²) >= 11 is 0. The van der Waals surface area contributed by atoms with E-state index in [-0.39, 0.29) is 16.4 Å². The Kier molecular flexibility index (Phi) is 5.63. The SMILES string of the molecule is CCN(CC)C(=O)c1cccc(S(=O)(=O)N=C(N)C(N)=O)c1. The number of amidine groups is 1. The van der Waals surface area contributed by atoms with E-state index >= 15 is 0 Å². The highest BCUT2D eigenvalue weighted by atomic mass is 32.2. The Morgan fingerprint density at radius 3 is 2.27 bits per heavy atom. The van der Waals surface area contributed by atoms with Crippen molar-refractivity contribution in [1.82, 2.24) is 4.90 Å². The van der Waals surface area contributed by atoms with Crippen LogP contribution in [0, 0.1) is 0 Å². The first-order chi connectivity index (χ1) is 10.2. The summed E-state index contributed by atoms with van der Waals surface area (Å²) < 4.78 is 27.2. The first-order valence-electron chi connectivity index (χ1n) is 6.52. The van der Waals surface area contributed by atoms with Gasteiger partial charge in [0.2, 0.25) is 5.84 Å². The predicted octanol–water partition coefficient (Wildman–Crippen LogP) is -0.300. The van der Waals surface area contributed by atoms with Crippen LogP contribution in [-0.4, -0.2) is 44.1 Å². The van der Waals surface area contributed by atoms with E-state index in [0.717, 1.165) is 0 Å². The zero-order chi connectivity index (χ0) is 16.9. The van der Waals surface area contributed by atoms with Gasteiger partial charge in [-0.1, -0.05) is 6.07 Å². The van der Waals surface area contributed by atoms with Crippen molar-refractivity contribution >= 4 is 27.7 Å². The number of sulfonamides is 1. The summed E-state index contributed by atoms with van der Waals surface area (Å²) in [6.45, 7) is 4.64. The summed E-state index contributed by atoms with van der Waals surface area (Å²) in [5, 5.41) is 0. The van der Waals surface area contributed by atoms with E-state index in [1.165, 1.54) is 24.3 Å². The maximum absolute atomic E-state index is 12.2. The smallest absolute Gasteiger partial charge is 0.284 e. The second-order valence-electron chi connectivity index (χ2n) is 4.32. The molecule has 1 aromatic carbocycles. The van der Waals surface area contributed by atoms with E-state index in [9.17, 15) is 18.0 Å². The van der Waals surface area contributed by atoms with E-state index in [1.54, 1.807) is 4.90 Å². The molecule has 0 atom stereocenters. The maximum atomic E-state index is 12.2. The van der Waals surface area contributed by atoms with Gasteiger partial charge in [0.1, 0.15) is 0 Å². The van der Waals surface area contributed by atoms with Crippen LogP contribution in [0.25, 0.3) is 0 Å². The fourth-order valence-corrected chi connectivity index (χ4v) is 2.69. The number of nitrogens with zero attached hydrogens (tertiary/aromatic N) is 2. The number of nitrogens with two attached hydrogens (primary N) is 2. The van der Waals surface area contributed by atoms with Crippen molar-refractivity contribution in [1.29, 1.82) is 0 Å². The Morgan fingerprint density at radius 1 is 1.18 bits per heavy atom. The molecule has 8 nitrogen and oxygen atoms in total. The highest BCUT2D eigenvalue weighted by Crippen LogP contribution is 2.15. The lowest BCUT2D eigenvalue weighted by Crippen LogP contribution is -2.32. The van der Waals surface area contributed by atoms with Gasteiger partial charge in [0, 0.05) is 18.7 Å². The van der Waals surface area contributed by atoms with Crippen molar-refractivity contribution in [2.45, 2.75) is 18.7 Å². The molecule has 22 heavy (non-hydrogen) atoms. The van der Waals surface area contributed by atoms with Crippen LogP contribution in [0.15, 0.2) is 33.6 Å². The van der Waals surface area contributed by atoms with Gasteiger partial charge < -0.3 is 16.4 Å². The zero-order valence-electron chi connectivity index (χ0n) is 12.3. The highest BCUT2D eigenvalue weighted by molar-refractivity contribution is 7.90. The molecule has 0 aliphatic rings. The Hall–Kier alpha value is -2.42. The van der Waals surface area contributed by atoms with Gasteiger partial charge in [-0.2, -0.15) is 8.42 Å². The second kappa shape index (κ2) is 7.03. The van der Waals surface area contributed by atoms with Gasteiger partial charge in [-0.15, -0.1) is 4.40 Å². The molecule has 0 fully saturated rings. The Labute approximate surface area is 128 Å². The summed E-state index contributed by atoms with van der Waals surface area (Å²) in [4.78, 5) is 24.3. The summed E-state index contributed by atoms with van der Waals surface area (Å²) in [5.74, 6) is -2.26. The first-order valence-corrected chi connectivity index (χ1v) is 7.96. The molecule has 0 aromatic heterocycles. The largest absolute Gasteiger partial charge is 0.378 e. The van der Waals surface area contributed by atoms with Crippen LogP contribution < -0.4 is 11.5 Å². The third-order valence-corrected chi connectivity index (χ3v) is 4.19. The number of benzene rings is 1. The Bertz CT molecular complexity index is 709. The maximum Gasteiger partial charge on any atom is 0.284 e. The minimum Gasteiger partial charge on any atom is -0.378 e. The highest BCUT2D eigenvalue weighted by Gasteiger charge is 2.19. The van der Waals surface area contributed by atoms with Crippen LogP contribution in [0.2, 0.25) is 0 Å². The molecule has 0 spiro atoms. The quantitative estimate of drug-likeness (QED) is 0.565. The predicted molar refractivity (Wildman–Crippen MR) is 81.7 cm³/mol. The van der Waals surface area contributed by atoms with E-state index in [0.29, 0.717) is 13.1 Å². The molecule has 2 amide bonds. The number of amides is 2. The fourth-order valence-electron chi connectivity index (χ4n) is 1.71. The van der Waals surface area contributed by atoms with E-state index in [4.69, 9.17) is 11.5 Å². The van der Waals surface area contributed by atoms with Crippen LogP contribution in [0.4, 0.5) is 0 Å². The monoisotopic (exact) mass is 326 g/mol. The molecule has 0 bridgehead atoms. The van der Waals surface area contributed by atoms with Crippen LogP contribution in [0.1, 0.15) is 24.2 Å². The third-order valence-electron chi connectivity index (χ3n) is 2.90. The Balaban J connectivity index is 3.25. The molecule has 0 unspecified atom stereocenters. The number of carbonyl (C=O) groups excluding carboxylic acids is 2. The van der Waals surface area contributed by atoms with Crippen LogP contribution in [0.3, 0.4) is 0 Å². The molecular formula is C13H18N4O4S. The molecule has 1 aromatic rings. The zero-order valence-corrected chi connectivity index (χ0v) is 13.1. The molecule has 0 aliphatic carbocycles. The minimum atomic E-state index is -4.21. The van der Waals surface area contributed by atoms with Gasteiger partial charge in [-0.3, -0.25) is 9.59 Å². The van der Waals surface area contributed by atoms with Gasteiger partial charge in [-0.05, 0) is 32.0 Å². The van der Waals surface area contributed by atoms with Crippen molar-refractivity contribution in [2.24, 2.45) is 15.9 Å². The molecule has 0 saturated carbocycles. The lowest BCUT2D eigenvalue weighted by Gasteiger charge is -2.18. The second-order valence-corrected chi connectivity index (χ2v) is 5.93. The van der Waals surface area contributed by atoms with Gasteiger partial charge in [0.15, 0.2) is 0 Å². The van der Waals surface area contributed by atoms with Crippen molar-refractivity contribution in [3.8, 4) is 0 Å². The molecule has 0 radical (unpaired) electrons. The van der Waals surface area contributed by atoms with E-state index in [2.05, 4.69) is 4.40 Å². The van der Waals surface area contributed by atoms with E-state index in [1.807, 2.05) is 13.8 Å².